The summed E-state index contributed by atoms with van der Waals surface area (Å²) in [6.07, 6.45) is 0.697. The van der Waals surface area contributed by atoms with Crippen LogP contribution >= 0.6 is 11.3 Å². The molecule has 166 valence electrons. The Balaban J connectivity index is 1.76. The van der Waals surface area contributed by atoms with Gasteiger partial charge in [-0.2, -0.15) is 4.31 Å². The number of hydrogen-bond donors (Lipinski definition) is 0. The van der Waals surface area contributed by atoms with E-state index in [1.807, 2.05) is 50.4 Å². The summed E-state index contributed by atoms with van der Waals surface area (Å²) in [7, 11) is -2.12. The van der Waals surface area contributed by atoms with E-state index in [-0.39, 0.29) is 17.5 Å². The number of sulfonamides is 1. The van der Waals surface area contributed by atoms with E-state index in [0.29, 0.717) is 24.5 Å². The SMILES string of the molecule is CC[C@@H](C)N(Cc1csc(COc2ccccc2C)n1)S(=O)(=O)c1ccc(OC)cc1. The third kappa shape index (κ3) is 5.64. The molecule has 2 aromatic carbocycles. The molecule has 0 aliphatic rings. The molecule has 1 atom stereocenters. The van der Waals surface area contributed by atoms with Crippen molar-refractivity contribution >= 4 is 21.4 Å². The molecule has 0 saturated heterocycles. The van der Waals surface area contributed by atoms with Gasteiger partial charge in [-0.05, 0) is 56.2 Å². The molecule has 8 heteroatoms. The van der Waals surface area contributed by atoms with Crippen LogP contribution in [0.4, 0.5) is 0 Å². The fourth-order valence-corrected chi connectivity index (χ4v) is 5.44. The highest BCUT2D eigenvalue weighted by atomic mass is 32.2. The molecular weight excluding hydrogens is 432 g/mol. The molecule has 0 saturated carbocycles. The number of methoxy groups -OCH3 is 1. The first-order valence-electron chi connectivity index (χ1n) is 10.1. The van der Waals surface area contributed by atoms with Gasteiger partial charge in [-0.15, -0.1) is 11.3 Å². The van der Waals surface area contributed by atoms with Gasteiger partial charge in [0.15, 0.2) is 0 Å². The second kappa shape index (κ2) is 10.3. The van der Waals surface area contributed by atoms with Crippen LogP contribution in [0, 0.1) is 6.92 Å². The van der Waals surface area contributed by atoms with E-state index in [1.165, 1.54) is 15.6 Å². The number of hydrogen-bond acceptors (Lipinski definition) is 6. The predicted octanol–water partition coefficient (Wildman–Crippen LogP) is 5.03. The van der Waals surface area contributed by atoms with Crippen LogP contribution in [0.1, 0.15) is 36.5 Å². The van der Waals surface area contributed by atoms with Crippen molar-refractivity contribution in [1.82, 2.24) is 9.29 Å². The van der Waals surface area contributed by atoms with Crippen molar-refractivity contribution in [2.24, 2.45) is 0 Å². The van der Waals surface area contributed by atoms with E-state index < -0.39 is 10.0 Å². The summed E-state index contributed by atoms with van der Waals surface area (Å²) in [4.78, 5) is 4.86. The van der Waals surface area contributed by atoms with Crippen molar-refractivity contribution in [3.05, 3.63) is 70.2 Å². The Hall–Kier alpha value is -2.42. The molecule has 0 bridgehead atoms. The van der Waals surface area contributed by atoms with Crippen molar-refractivity contribution < 1.29 is 17.9 Å². The van der Waals surface area contributed by atoms with Crippen molar-refractivity contribution in [3.8, 4) is 11.5 Å². The lowest BCUT2D eigenvalue weighted by atomic mass is 10.2. The Bertz CT molecular complexity index is 1090. The molecule has 0 radical (unpaired) electrons. The minimum Gasteiger partial charge on any atom is -0.497 e. The van der Waals surface area contributed by atoms with Crippen LogP contribution in [-0.4, -0.2) is 30.9 Å². The molecule has 31 heavy (non-hydrogen) atoms. The van der Waals surface area contributed by atoms with Crippen LogP contribution in [-0.2, 0) is 23.2 Å². The summed E-state index contributed by atoms with van der Waals surface area (Å²) in [5.74, 6) is 1.44. The summed E-state index contributed by atoms with van der Waals surface area (Å²) in [6, 6.07) is 14.1. The first-order valence-corrected chi connectivity index (χ1v) is 12.4. The second-order valence-corrected chi connectivity index (χ2v) is 10.1. The van der Waals surface area contributed by atoms with Gasteiger partial charge in [-0.3, -0.25) is 0 Å². The quantitative estimate of drug-likeness (QED) is 0.424. The molecule has 0 amide bonds. The maximum atomic E-state index is 13.3. The van der Waals surface area contributed by atoms with E-state index >= 15 is 0 Å². The number of nitrogens with zero attached hydrogens (tertiary/aromatic N) is 2. The standard InChI is InChI=1S/C23H28N2O4S2/c1-5-18(3)25(31(26,27)21-12-10-20(28-4)11-13-21)14-19-16-30-23(24-19)15-29-22-9-7-6-8-17(22)2/h6-13,16,18H,5,14-15H2,1-4H3/t18-/m1/s1. The fraction of sp³-hybridized carbons (Fsp3) is 0.348. The Kier molecular flexibility index (Phi) is 7.69. The highest BCUT2D eigenvalue weighted by Crippen LogP contribution is 2.25. The molecular formula is C23H28N2O4S2. The minimum atomic E-state index is -3.68. The van der Waals surface area contributed by atoms with Crippen molar-refractivity contribution in [2.75, 3.05) is 7.11 Å². The van der Waals surface area contributed by atoms with Gasteiger partial charge in [-0.1, -0.05) is 25.1 Å². The van der Waals surface area contributed by atoms with Gasteiger partial charge >= 0.3 is 0 Å². The van der Waals surface area contributed by atoms with Crippen LogP contribution in [0.3, 0.4) is 0 Å². The molecule has 3 aromatic rings. The third-order valence-corrected chi connectivity index (χ3v) is 7.96. The molecule has 0 unspecified atom stereocenters. The summed E-state index contributed by atoms with van der Waals surface area (Å²) < 4.78 is 39.2. The third-order valence-electron chi connectivity index (χ3n) is 5.11. The lowest BCUT2D eigenvalue weighted by Crippen LogP contribution is -2.37. The number of aryl methyl sites for hydroxylation is 1. The Morgan fingerprint density at radius 3 is 2.48 bits per heavy atom. The van der Waals surface area contributed by atoms with Gasteiger partial charge < -0.3 is 9.47 Å². The van der Waals surface area contributed by atoms with Crippen LogP contribution in [0.5, 0.6) is 11.5 Å². The summed E-state index contributed by atoms with van der Waals surface area (Å²) in [5, 5.41) is 2.71. The minimum absolute atomic E-state index is 0.166. The molecule has 0 N–H and O–H groups in total. The molecule has 6 nitrogen and oxygen atoms in total. The maximum absolute atomic E-state index is 13.3. The Morgan fingerprint density at radius 2 is 1.84 bits per heavy atom. The lowest BCUT2D eigenvalue weighted by molar-refractivity contribution is 0.301. The van der Waals surface area contributed by atoms with E-state index in [0.717, 1.165) is 16.3 Å². The highest BCUT2D eigenvalue weighted by Gasteiger charge is 2.29. The van der Waals surface area contributed by atoms with Crippen molar-refractivity contribution in [2.45, 2.75) is 51.3 Å². The average Bonchev–Trinajstić information content (AvgIpc) is 3.24. The lowest BCUT2D eigenvalue weighted by Gasteiger charge is -2.27. The average molecular weight is 461 g/mol. The number of aromatic nitrogens is 1. The second-order valence-electron chi connectivity index (χ2n) is 7.27. The maximum Gasteiger partial charge on any atom is 0.243 e. The van der Waals surface area contributed by atoms with Crippen molar-refractivity contribution in [1.29, 1.82) is 0 Å². The van der Waals surface area contributed by atoms with Gasteiger partial charge in [0, 0.05) is 11.4 Å². The van der Waals surface area contributed by atoms with Gasteiger partial charge in [0.05, 0.1) is 24.2 Å². The number of benzene rings is 2. The smallest absolute Gasteiger partial charge is 0.243 e. The zero-order valence-corrected chi connectivity index (χ0v) is 19.9. The summed E-state index contributed by atoms with van der Waals surface area (Å²) in [6.45, 7) is 6.45. The molecule has 0 spiro atoms. The molecule has 3 rings (SSSR count). The monoisotopic (exact) mass is 460 g/mol. The zero-order chi connectivity index (χ0) is 22.4. The summed E-state index contributed by atoms with van der Waals surface area (Å²) >= 11 is 1.47. The molecule has 0 aliphatic carbocycles. The van der Waals surface area contributed by atoms with Crippen LogP contribution < -0.4 is 9.47 Å². The van der Waals surface area contributed by atoms with E-state index in [4.69, 9.17) is 9.47 Å². The van der Waals surface area contributed by atoms with Crippen LogP contribution in [0.15, 0.2) is 58.8 Å². The molecule has 0 aliphatic heterocycles. The number of rotatable bonds is 10. The number of para-hydroxylation sites is 1. The van der Waals surface area contributed by atoms with Crippen molar-refractivity contribution in [3.63, 3.8) is 0 Å². The Morgan fingerprint density at radius 1 is 1.13 bits per heavy atom. The first kappa shape index (κ1) is 23.2. The molecule has 1 aromatic heterocycles. The number of thiazole rings is 1. The highest BCUT2D eigenvalue weighted by molar-refractivity contribution is 7.89. The van der Waals surface area contributed by atoms with Crippen LogP contribution in [0.25, 0.3) is 0 Å². The van der Waals surface area contributed by atoms with E-state index in [2.05, 4.69) is 4.98 Å². The topological polar surface area (TPSA) is 68.7 Å². The van der Waals surface area contributed by atoms with Crippen LogP contribution in [0.2, 0.25) is 0 Å². The van der Waals surface area contributed by atoms with Gasteiger partial charge in [0.1, 0.15) is 23.1 Å². The largest absolute Gasteiger partial charge is 0.497 e. The summed E-state index contributed by atoms with van der Waals surface area (Å²) in [5.41, 5.74) is 1.78. The fourth-order valence-electron chi connectivity index (χ4n) is 3.07. The number of ether oxygens (including phenoxy) is 2. The van der Waals surface area contributed by atoms with E-state index in [1.54, 1.807) is 31.4 Å². The van der Waals surface area contributed by atoms with Gasteiger partial charge in [-0.25, -0.2) is 13.4 Å². The Labute approximate surface area is 188 Å². The molecule has 0 fully saturated rings. The predicted molar refractivity (Wildman–Crippen MR) is 123 cm³/mol. The molecule has 1 heterocycles. The van der Waals surface area contributed by atoms with Gasteiger partial charge in [0.2, 0.25) is 10.0 Å². The van der Waals surface area contributed by atoms with E-state index in [9.17, 15) is 8.42 Å². The zero-order valence-electron chi connectivity index (χ0n) is 18.2. The normalized spacial score (nSPS) is 12.7. The first-order chi connectivity index (χ1) is 14.8. The van der Waals surface area contributed by atoms with Gasteiger partial charge in [0.25, 0.3) is 0 Å².